The minimum Gasteiger partial charge on any atom is -0.494 e. The van der Waals surface area contributed by atoms with E-state index in [4.69, 9.17) is 9.15 Å². The molecule has 7 heteroatoms. The van der Waals surface area contributed by atoms with Crippen molar-refractivity contribution in [1.29, 1.82) is 0 Å². The smallest absolute Gasteiger partial charge is 0.296 e. The summed E-state index contributed by atoms with van der Waals surface area (Å²) in [4.78, 5) is 33.2. The number of aryl methyl sites for hydroxylation is 1. The number of nitrogens with zero attached hydrogens (tertiary/aromatic N) is 2. The predicted octanol–water partition coefficient (Wildman–Crippen LogP) is 5.56. The van der Waals surface area contributed by atoms with Gasteiger partial charge in [0.05, 0.1) is 23.6 Å². The number of hydrogen-bond donors (Lipinski definition) is 0. The zero-order valence-electron chi connectivity index (χ0n) is 18.9. The van der Waals surface area contributed by atoms with E-state index in [2.05, 4.69) is 11.9 Å². The van der Waals surface area contributed by atoms with Crippen molar-refractivity contribution in [2.45, 2.75) is 32.7 Å². The Kier molecular flexibility index (Phi) is 5.61. The number of rotatable bonds is 6. The van der Waals surface area contributed by atoms with E-state index in [-0.39, 0.29) is 22.3 Å². The van der Waals surface area contributed by atoms with Crippen LogP contribution in [0.25, 0.3) is 11.0 Å². The topological polar surface area (TPSA) is 72.6 Å². The van der Waals surface area contributed by atoms with Gasteiger partial charge in [-0.25, -0.2) is 9.37 Å². The first-order chi connectivity index (χ1) is 16.5. The molecule has 34 heavy (non-hydrogen) atoms. The van der Waals surface area contributed by atoms with Gasteiger partial charge in [0.25, 0.3) is 5.91 Å². The first-order valence-corrected chi connectivity index (χ1v) is 11.2. The quantitative estimate of drug-likeness (QED) is 0.354. The van der Waals surface area contributed by atoms with Crippen molar-refractivity contribution in [2.75, 3.05) is 11.5 Å². The molecular formula is C27H23FN2O4. The van der Waals surface area contributed by atoms with Crippen LogP contribution >= 0.6 is 0 Å². The number of anilines is 1. The van der Waals surface area contributed by atoms with E-state index in [1.54, 1.807) is 12.1 Å². The fourth-order valence-corrected chi connectivity index (χ4v) is 4.27. The molecule has 0 fully saturated rings. The Balaban J connectivity index is 1.72. The molecular weight excluding hydrogens is 435 g/mol. The molecule has 6 nitrogen and oxygen atoms in total. The largest absolute Gasteiger partial charge is 0.494 e. The van der Waals surface area contributed by atoms with E-state index < -0.39 is 23.2 Å². The number of aromatic nitrogens is 1. The first-order valence-electron chi connectivity index (χ1n) is 11.2. The molecule has 0 spiro atoms. The third-order valence-corrected chi connectivity index (χ3v) is 5.89. The number of amides is 1. The number of benzene rings is 2. The first kappa shape index (κ1) is 21.8. The summed E-state index contributed by atoms with van der Waals surface area (Å²) in [5.74, 6) is -0.0498. The number of carbonyl (C=O) groups excluding carboxylic acids is 1. The van der Waals surface area contributed by atoms with Crippen LogP contribution in [0.4, 0.5) is 10.2 Å². The van der Waals surface area contributed by atoms with Crippen molar-refractivity contribution in [2.24, 2.45) is 0 Å². The molecule has 0 saturated heterocycles. The lowest BCUT2D eigenvalue weighted by Gasteiger charge is -2.24. The third kappa shape index (κ3) is 3.73. The van der Waals surface area contributed by atoms with Crippen molar-refractivity contribution in [3.63, 3.8) is 0 Å². The Morgan fingerprint density at radius 2 is 1.91 bits per heavy atom. The van der Waals surface area contributed by atoms with Gasteiger partial charge < -0.3 is 9.15 Å². The molecule has 1 aliphatic rings. The highest BCUT2D eigenvalue weighted by Crippen LogP contribution is 2.41. The van der Waals surface area contributed by atoms with Gasteiger partial charge in [-0.3, -0.25) is 14.5 Å². The second kappa shape index (κ2) is 8.74. The monoisotopic (exact) mass is 458 g/mol. The molecule has 1 amide bonds. The number of ether oxygens (including phenoxy) is 1. The summed E-state index contributed by atoms with van der Waals surface area (Å²) in [6, 6.07) is 15.6. The Hall–Kier alpha value is -4.00. The Bertz CT molecular complexity index is 1460. The highest BCUT2D eigenvalue weighted by molar-refractivity contribution is 6.10. The van der Waals surface area contributed by atoms with Gasteiger partial charge in [-0.15, -0.1) is 0 Å². The number of pyridine rings is 1. The summed E-state index contributed by atoms with van der Waals surface area (Å²) in [6.45, 7) is 4.48. The molecule has 1 unspecified atom stereocenters. The molecule has 1 aliphatic heterocycles. The molecule has 0 aliphatic carbocycles. The van der Waals surface area contributed by atoms with Crippen LogP contribution in [-0.4, -0.2) is 17.5 Å². The minimum absolute atomic E-state index is 0.0604. The number of unbranched alkanes of at least 4 members (excludes halogenated alkanes) is 1. The van der Waals surface area contributed by atoms with Crippen molar-refractivity contribution in [3.05, 3.63) is 99.3 Å². The molecule has 2 aromatic carbocycles. The summed E-state index contributed by atoms with van der Waals surface area (Å²) in [5.41, 5.74) is 1.28. The zero-order chi connectivity index (χ0) is 23.8. The maximum Gasteiger partial charge on any atom is 0.296 e. The van der Waals surface area contributed by atoms with Crippen LogP contribution in [0, 0.1) is 12.7 Å². The molecule has 0 bridgehead atoms. The molecule has 1 atom stereocenters. The molecule has 5 rings (SSSR count). The highest BCUT2D eigenvalue weighted by atomic mass is 19.1. The van der Waals surface area contributed by atoms with E-state index in [0.29, 0.717) is 23.7 Å². The van der Waals surface area contributed by atoms with Crippen LogP contribution in [0.5, 0.6) is 5.75 Å². The lowest BCUT2D eigenvalue weighted by atomic mass is 9.98. The van der Waals surface area contributed by atoms with Crippen LogP contribution in [0.2, 0.25) is 0 Å². The lowest BCUT2D eigenvalue weighted by Crippen LogP contribution is -2.30. The van der Waals surface area contributed by atoms with Crippen LogP contribution in [0.1, 0.15) is 53.2 Å². The summed E-state index contributed by atoms with van der Waals surface area (Å²) < 4.78 is 25.7. The van der Waals surface area contributed by atoms with Gasteiger partial charge in [0, 0.05) is 5.69 Å². The van der Waals surface area contributed by atoms with Crippen molar-refractivity contribution >= 4 is 22.7 Å². The van der Waals surface area contributed by atoms with Gasteiger partial charge >= 0.3 is 0 Å². The average molecular weight is 458 g/mol. The zero-order valence-corrected chi connectivity index (χ0v) is 18.9. The van der Waals surface area contributed by atoms with Gasteiger partial charge in [-0.1, -0.05) is 31.5 Å². The van der Waals surface area contributed by atoms with Gasteiger partial charge in [-0.05, 0) is 61.4 Å². The summed E-state index contributed by atoms with van der Waals surface area (Å²) in [7, 11) is 0. The number of halogens is 1. The molecule has 0 radical (unpaired) electrons. The Morgan fingerprint density at radius 1 is 1.09 bits per heavy atom. The van der Waals surface area contributed by atoms with Gasteiger partial charge in [0.1, 0.15) is 23.0 Å². The van der Waals surface area contributed by atoms with E-state index in [1.165, 1.54) is 17.0 Å². The normalized spacial score (nSPS) is 15.1. The van der Waals surface area contributed by atoms with Crippen LogP contribution in [0.3, 0.4) is 0 Å². The van der Waals surface area contributed by atoms with Gasteiger partial charge in [-0.2, -0.15) is 0 Å². The number of carbonyl (C=O) groups is 1. The van der Waals surface area contributed by atoms with Crippen molar-refractivity contribution in [1.82, 2.24) is 4.98 Å². The molecule has 4 aromatic rings. The highest BCUT2D eigenvalue weighted by Gasteiger charge is 2.44. The van der Waals surface area contributed by atoms with Gasteiger partial charge in [0.15, 0.2) is 5.43 Å². The maximum absolute atomic E-state index is 14.0. The van der Waals surface area contributed by atoms with Crippen molar-refractivity contribution < 1.29 is 18.3 Å². The second-order valence-corrected chi connectivity index (χ2v) is 8.30. The number of fused-ring (bicyclic) bond motifs is 2. The lowest BCUT2D eigenvalue weighted by molar-refractivity contribution is 0.0970. The number of hydrogen-bond acceptors (Lipinski definition) is 5. The minimum atomic E-state index is -0.796. The van der Waals surface area contributed by atoms with Gasteiger partial charge in [0.2, 0.25) is 5.76 Å². The molecule has 172 valence electrons. The summed E-state index contributed by atoms with van der Waals surface area (Å²) in [5, 5.41) is 0.0888. The molecule has 0 N–H and O–H groups in total. The molecule has 3 heterocycles. The van der Waals surface area contributed by atoms with Crippen LogP contribution in [-0.2, 0) is 0 Å². The fourth-order valence-electron chi connectivity index (χ4n) is 4.27. The summed E-state index contributed by atoms with van der Waals surface area (Å²) in [6.07, 6.45) is 1.91. The average Bonchev–Trinajstić information content (AvgIpc) is 3.12. The van der Waals surface area contributed by atoms with Crippen molar-refractivity contribution in [3.8, 4) is 5.75 Å². The van der Waals surface area contributed by atoms with E-state index in [0.717, 1.165) is 24.6 Å². The Morgan fingerprint density at radius 3 is 2.71 bits per heavy atom. The van der Waals surface area contributed by atoms with Crippen LogP contribution in [0.15, 0.2) is 69.9 Å². The molecule has 0 saturated carbocycles. The Labute approximate surface area is 195 Å². The molecule has 2 aromatic heterocycles. The SMILES string of the molecule is CCCCOc1cccc(C2c3c(oc4ccc(F)cc4c3=O)C(=O)N2c2cccc(C)n2)c1. The fraction of sp³-hybridized carbons (Fsp3) is 0.222. The van der Waals surface area contributed by atoms with E-state index in [1.807, 2.05) is 37.3 Å². The predicted molar refractivity (Wildman–Crippen MR) is 127 cm³/mol. The maximum atomic E-state index is 14.0. The summed E-state index contributed by atoms with van der Waals surface area (Å²) >= 11 is 0. The standard InChI is InChI=1S/C27H23FN2O4/c1-3-4-13-33-19-9-6-8-17(14-19)24-23-25(31)20-15-18(28)11-12-21(20)34-26(23)27(32)30(24)22-10-5-7-16(2)29-22/h5-12,14-15,24H,3-4,13H2,1-2H3. The van der Waals surface area contributed by atoms with Crippen LogP contribution < -0.4 is 15.1 Å². The van der Waals surface area contributed by atoms with E-state index in [9.17, 15) is 14.0 Å². The van der Waals surface area contributed by atoms with E-state index >= 15 is 0 Å². The third-order valence-electron chi connectivity index (χ3n) is 5.89. The second-order valence-electron chi connectivity index (χ2n) is 8.30.